The highest BCUT2D eigenvalue weighted by molar-refractivity contribution is 5.99. The second-order valence-corrected chi connectivity index (χ2v) is 8.44. The predicted molar refractivity (Wildman–Crippen MR) is 133 cm³/mol. The number of para-hydroxylation sites is 1. The normalized spacial score (nSPS) is 19.4. The average molecular weight is 515 g/mol. The maximum Gasteiger partial charge on any atom is 0.255 e. The zero-order valence-electron chi connectivity index (χ0n) is 20.6. The van der Waals surface area contributed by atoms with Crippen LogP contribution in [0.2, 0.25) is 0 Å². The second-order valence-electron chi connectivity index (χ2n) is 8.44. The molecular formula is C26H31FN4O6. The summed E-state index contributed by atoms with van der Waals surface area (Å²) in [6.45, 7) is 2.40. The molecule has 10 nitrogen and oxygen atoms in total. The molecular weight excluding hydrogens is 483 g/mol. The maximum absolute atomic E-state index is 13.0. The largest absolute Gasteiger partial charge is 0.493 e. The molecule has 0 bridgehead atoms. The number of nitrogens with one attached hydrogen (secondary N) is 4. The molecule has 1 unspecified atom stereocenters. The summed E-state index contributed by atoms with van der Waals surface area (Å²) in [5.41, 5.74) is 0.245. The standard InChI is InChI=1S/C26H31FN4O6/c1-17-24(33)28-13-4-15-37-22-6-3-2-5-20(22)25(34)31-21(11-12-23(32)30-17)26(35)29-14-16-36-19-9-7-18(27)8-10-19/h2-3,5-10,17,21H,4,11-16H2,1H3,(H,28,33)(H,29,35)(H,30,32)(H,31,34)/t17?,21-/m0/s1. The van der Waals surface area contributed by atoms with E-state index < -0.39 is 29.8 Å². The number of amides is 4. The second kappa shape index (κ2) is 13.8. The summed E-state index contributed by atoms with van der Waals surface area (Å²) in [6.07, 6.45) is 0.396. The molecule has 2 aromatic rings. The lowest BCUT2D eigenvalue weighted by Crippen LogP contribution is -2.49. The van der Waals surface area contributed by atoms with Crippen LogP contribution in [-0.2, 0) is 14.4 Å². The third-order valence-electron chi connectivity index (χ3n) is 5.55. The van der Waals surface area contributed by atoms with Crippen LogP contribution in [0.15, 0.2) is 48.5 Å². The molecule has 3 rings (SSSR count). The van der Waals surface area contributed by atoms with E-state index in [1.54, 1.807) is 31.2 Å². The molecule has 0 aromatic heterocycles. The van der Waals surface area contributed by atoms with Crippen molar-refractivity contribution in [1.82, 2.24) is 21.3 Å². The van der Waals surface area contributed by atoms with E-state index in [1.165, 1.54) is 24.3 Å². The average Bonchev–Trinajstić information content (AvgIpc) is 2.89. The highest BCUT2D eigenvalue weighted by Gasteiger charge is 2.25. The van der Waals surface area contributed by atoms with Crippen molar-refractivity contribution in [2.45, 2.75) is 38.3 Å². The van der Waals surface area contributed by atoms with Crippen molar-refractivity contribution in [2.24, 2.45) is 0 Å². The van der Waals surface area contributed by atoms with Crippen LogP contribution in [0.4, 0.5) is 4.39 Å². The van der Waals surface area contributed by atoms with E-state index in [0.717, 1.165) is 0 Å². The fraction of sp³-hybridized carbons (Fsp3) is 0.385. The Morgan fingerprint density at radius 3 is 2.65 bits per heavy atom. The minimum Gasteiger partial charge on any atom is -0.493 e. The fourth-order valence-corrected chi connectivity index (χ4v) is 3.56. The van der Waals surface area contributed by atoms with Crippen LogP contribution in [0, 0.1) is 5.82 Å². The molecule has 0 radical (unpaired) electrons. The van der Waals surface area contributed by atoms with Crippen LogP contribution in [0.1, 0.15) is 36.5 Å². The van der Waals surface area contributed by atoms with Gasteiger partial charge in [-0.25, -0.2) is 4.39 Å². The first kappa shape index (κ1) is 27.4. The van der Waals surface area contributed by atoms with Crippen LogP contribution >= 0.6 is 0 Å². The molecule has 1 aliphatic rings. The number of carbonyl (C=O) groups excluding carboxylic acids is 4. The topological polar surface area (TPSA) is 135 Å². The molecule has 1 heterocycles. The quantitative estimate of drug-likeness (QED) is 0.445. The molecule has 0 fully saturated rings. The molecule has 37 heavy (non-hydrogen) atoms. The summed E-state index contributed by atoms with van der Waals surface area (Å²) >= 11 is 0. The molecule has 0 spiro atoms. The van der Waals surface area contributed by atoms with Crippen molar-refractivity contribution < 1.29 is 33.0 Å². The Balaban J connectivity index is 1.67. The van der Waals surface area contributed by atoms with Gasteiger partial charge in [0.2, 0.25) is 17.7 Å². The van der Waals surface area contributed by atoms with Gasteiger partial charge in [0.15, 0.2) is 0 Å². The minimum atomic E-state index is -1.03. The molecule has 0 aliphatic carbocycles. The van der Waals surface area contributed by atoms with E-state index in [-0.39, 0.29) is 49.9 Å². The summed E-state index contributed by atoms with van der Waals surface area (Å²) in [5, 5.41) is 10.7. The Morgan fingerprint density at radius 1 is 1.11 bits per heavy atom. The Hall–Kier alpha value is -4.15. The summed E-state index contributed by atoms with van der Waals surface area (Å²) in [7, 11) is 0. The molecule has 2 aromatic carbocycles. The number of hydrogen-bond acceptors (Lipinski definition) is 6. The van der Waals surface area contributed by atoms with Crippen LogP contribution in [-0.4, -0.2) is 62.0 Å². The first-order valence-electron chi connectivity index (χ1n) is 12.1. The van der Waals surface area contributed by atoms with Crippen molar-refractivity contribution in [2.75, 3.05) is 26.3 Å². The van der Waals surface area contributed by atoms with Crippen molar-refractivity contribution >= 4 is 23.6 Å². The zero-order valence-corrected chi connectivity index (χ0v) is 20.6. The van der Waals surface area contributed by atoms with E-state index in [0.29, 0.717) is 24.5 Å². The lowest BCUT2D eigenvalue weighted by atomic mass is 10.1. The predicted octanol–water partition coefficient (Wildman–Crippen LogP) is 1.30. The van der Waals surface area contributed by atoms with Gasteiger partial charge in [-0.2, -0.15) is 0 Å². The first-order chi connectivity index (χ1) is 17.8. The van der Waals surface area contributed by atoms with Gasteiger partial charge in [-0.1, -0.05) is 12.1 Å². The molecule has 2 atom stereocenters. The number of fused-ring (bicyclic) bond motifs is 1. The lowest BCUT2D eigenvalue weighted by Gasteiger charge is -2.21. The highest BCUT2D eigenvalue weighted by Crippen LogP contribution is 2.19. The van der Waals surface area contributed by atoms with Gasteiger partial charge in [0, 0.05) is 13.0 Å². The number of carbonyl (C=O) groups is 4. The number of benzene rings is 2. The molecule has 4 N–H and O–H groups in total. The van der Waals surface area contributed by atoms with Gasteiger partial charge in [-0.05, 0) is 56.2 Å². The van der Waals surface area contributed by atoms with Crippen LogP contribution in [0.3, 0.4) is 0 Å². The molecule has 0 saturated carbocycles. The van der Waals surface area contributed by atoms with Gasteiger partial charge < -0.3 is 30.7 Å². The Bertz CT molecular complexity index is 1090. The van der Waals surface area contributed by atoms with E-state index >= 15 is 0 Å². The SMILES string of the molecule is CC1NC(=O)CC[C@@H](C(=O)NCCOc2ccc(F)cc2)NC(=O)c2ccccc2OCCCNC1=O. The summed E-state index contributed by atoms with van der Waals surface area (Å²) in [4.78, 5) is 50.6. The van der Waals surface area contributed by atoms with Crippen molar-refractivity contribution in [1.29, 1.82) is 0 Å². The molecule has 11 heteroatoms. The molecule has 0 saturated heterocycles. The van der Waals surface area contributed by atoms with Crippen LogP contribution in [0.5, 0.6) is 11.5 Å². The van der Waals surface area contributed by atoms with Crippen molar-refractivity contribution in [3.63, 3.8) is 0 Å². The number of rotatable bonds is 5. The Kier molecular flexibility index (Phi) is 10.2. The van der Waals surface area contributed by atoms with Gasteiger partial charge in [-0.15, -0.1) is 0 Å². The van der Waals surface area contributed by atoms with Gasteiger partial charge in [0.05, 0.1) is 18.7 Å². The zero-order chi connectivity index (χ0) is 26.6. The minimum absolute atomic E-state index is 0.000408. The maximum atomic E-state index is 13.0. The lowest BCUT2D eigenvalue weighted by molar-refractivity contribution is -0.129. The van der Waals surface area contributed by atoms with Gasteiger partial charge in [0.25, 0.3) is 5.91 Å². The van der Waals surface area contributed by atoms with E-state index in [2.05, 4.69) is 21.3 Å². The smallest absolute Gasteiger partial charge is 0.255 e. The summed E-state index contributed by atoms with van der Waals surface area (Å²) in [6, 6.07) is 10.3. The monoisotopic (exact) mass is 514 g/mol. The van der Waals surface area contributed by atoms with Gasteiger partial charge >= 0.3 is 0 Å². The first-order valence-corrected chi connectivity index (χ1v) is 12.1. The highest BCUT2D eigenvalue weighted by atomic mass is 19.1. The Morgan fingerprint density at radius 2 is 1.86 bits per heavy atom. The number of ether oxygens (including phenoxy) is 2. The van der Waals surface area contributed by atoms with Crippen molar-refractivity contribution in [3.05, 3.63) is 59.9 Å². The molecule has 198 valence electrons. The van der Waals surface area contributed by atoms with Crippen molar-refractivity contribution in [3.8, 4) is 11.5 Å². The van der Waals surface area contributed by atoms with E-state index in [9.17, 15) is 23.6 Å². The number of halogens is 1. The Labute approximate surface area is 214 Å². The fourth-order valence-electron chi connectivity index (χ4n) is 3.56. The molecule has 4 amide bonds. The van der Waals surface area contributed by atoms with Gasteiger partial charge in [-0.3, -0.25) is 19.2 Å². The summed E-state index contributed by atoms with van der Waals surface area (Å²) in [5.74, 6) is -1.38. The third-order valence-corrected chi connectivity index (χ3v) is 5.55. The molecule has 1 aliphatic heterocycles. The van der Waals surface area contributed by atoms with Gasteiger partial charge in [0.1, 0.15) is 36.0 Å². The van der Waals surface area contributed by atoms with Crippen LogP contribution in [0.25, 0.3) is 0 Å². The van der Waals surface area contributed by atoms with E-state index in [4.69, 9.17) is 9.47 Å². The summed E-state index contributed by atoms with van der Waals surface area (Å²) < 4.78 is 24.2. The number of hydrogen-bond donors (Lipinski definition) is 4. The third kappa shape index (κ3) is 8.78. The van der Waals surface area contributed by atoms with Crippen LogP contribution < -0.4 is 30.7 Å². The van der Waals surface area contributed by atoms with E-state index in [1.807, 2.05) is 0 Å².